The van der Waals surface area contributed by atoms with E-state index >= 15 is 0 Å². The van der Waals surface area contributed by atoms with Crippen molar-refractivity contribution >= 4 is 17.7 Å². The highest BCUT2D eigenvalue weighted by molar-refractivity contribution is 7.98. The smallest absolute Gasteiger partial charge is 0.365 e. The van der Waals surface area contributed by atoms with Crippen LogP contribution in [0.15, 0.2) is 60.7 Å². The molecule has 3 nitrogen and oxygen atoms in total. The first-order chi connectivity index (χ1) is 10.3. The second-order valence-corrected chi connectivity index (χ2v) is 5.82. The highest BCUT2D eigenvalue weighted by Crippen LogP contribution is 2.12. The van der Waals surface area contributed by atoms with E-state index in [0.29, 0.717) is 12.4 Å². The largest absolute Gasteiger partial charge is 0.456 e. The molecular weight excluding hydrogens is 282 g/mol. The number of hydrogen-bond acceptors (Lipinski definition) is 3. The van der Waals surface area contributed by atoms with E-state index in [1.54, 1.807) is 11.8 Å². The Morgan fingerprint density at radius 3 is 2.19 bits per heavy atom. The normalized spacial score (nSPS) is 11.9. The lowest BCUT2D eigenvalue weighted by Crippen LogP contribution is -2.66. The summed E-state index contributed by atoms with van der Waals surface area (Å²) in [5.74, 6) is 1.32. The van der Waals surface area contributed by atoms with Gasteiger partial charge in [0.1, 0.15) is 6.61 Å². The van der Waals surface area contributed by atoms with Crippen molar-refractivity contribution in [3.63, 3.8) is 0 Å². The Balaban J connectivity index is 1.68. The van der Waals surface area contributed by atoms with Gasteiger partial charge >= 0.3 is 5.97 Å². The van der Waals surface area contributed by atoms with Crippen LogP contribution < -0.4 is 5.73 Å². The summed E-state index contributed by atoms with van der Waals surface area (Å²) in [6, 6.07) is 19.6. The van der Waals surface area contributed by atoms with Gasteiger partial charge in [-0.3, -0.25) is 0 Å². The van der Waals surface area contributed by atoms with Crippen LogP contribution in [0.25, 0.3) is 0 Å². The van der Waals surface area contributed by atoms with Crippen molar-refractivity contribution < 1.29 is 15.3 Å². The number of hydrogen-bond donors (Lipinski definition) is 1. The summed E-state index contributed by atoms with van der Waals surface area (Å²) < 4.78 is 5.28. The first-order valence-electron chi connectivity index (χ1n) is 6.91. The minimum absolute atomic E-state index is 0.237. The number of benzene rings is 2. The van der Waals surface area contributed by atoms with E-state index in [1.165, 1.54) is 5.56 Å². The second kappa shape index (κ2) is 8.49. The third-order valence-corrected chi connectivity index (χ3v) is 4.16. The lowest BCUT2D eigenvalue weighted by Gasteiger charge is -2.09. The van der Waals surface area contributed by atoms with Crippen molar-refractivity contribution in [1.29, 1.82) is 0 Å². The van der Waals surface area contributed by atoms with Gasteiger partial charge in [0.25, 0.3) is 0 Å². The average molecular weight is 302 g/mol. The third kappa shape index (κ3) is 5.61. The Morgan fingerprint density at radius 2 is 1.57 bits per heavy atom. The Hall–Kier alpha value is -1.78. The average Bonchev–Trinajstić information content (AvgIpc) is 2.54. The minimum atomic E-state index is -0.331. The summed E-state index contributed by atoms with van der Waals surface area (Å²) in [5, 5.41) is 0. The summed E-state index contributed by atoms with van der Waals surface area (Å²) in [6.07, 6.45) is 0. The van der Waals surface area contributed by atoms with Crippen LogP contribution in [0.1, 0.15) is 11.1 Å². The van der Waals surface area contributed by atoms with E-state index in [2.05, 4.69) is 17.9 Å². The summed E-state index contributed by atoms with van der Waals surface area (Å²) in [5.41, 5.74) is 6.14. The topological polar surface area (TPSA) is 53.9 Å². The highest BCUT2D eigenvalue weighted by Gasteiger charge is 2.18. The number of thioether (sulfide) groups is 1. The zero-order valence-corrected chi connectivity index (χ0v) is 12.7. The van der Waals surface area contributed by atoms with Crippen molar-refractivity contribution in [1.82, 2.24) is 0 Å². The fourth-order valence-corrected chi connectivity index (χ4v) is 2.77. The van der Waals surface area contributed by atoms with Crippen LogP contribution in [0.4, 0.5) is 0 Å². The van der Waals surface area contributed by atoms with Gasteiger partial charge in [-0.25, -0.2) is 4.79 Å². The molecule has 110 valence electrons. The fourth-order valence-electron chi connectivity index (χ4n) is 1.81. The fraction of sp³-hybridized carbons (Fsp3) is 0.235. The number of carbonyl (C=O) groups excluding carboxylic acids is 1. The lowest BCUT2D eigenvalue weighted by atomic mass is 10.2. The Bertz CT molecular complexity index is 545. The van der Waals surface area contributed by atoms with Gasteiger partial charge in [-0.2, -0.15) is 11.8 Å². The molecule has 2 aromatic rings. The molecule has 0 fully saturated rings. The molecule has 0 aliphatic carbocycles. The molecule has 0 heterocycles. The Labute approximate surface area is 129 Å². The number of quaternary nitrogens is 1. The molecule has 0 bridgehead atoms. The number of ether oxygens (including phenoxy) is 1. The van der Waals surface area contributed by atoms with E-state index in [1.807, 2.05) is 48.5 Å². The van der Waals surface area contributed by atoms with Gasteiger partial charge in [-0.1, -0.05) is 60.7 Å². The first-order valence-corrected chi connectivity index (χ1v) is 8.06. The maximum absolute atomic E-state index is 11.9. The molecule has 0 saturated heterocycles. The van der Waals surface area contributed by atoms with Crippen molar-refractivity contribution in [3.8, 4) is 0 Å². The monoisotopic (exact) mass is 302 g/mol. The molecule has 3 N–H and O–H groups in total. The van der Waals surface area contributed by atoms with Crippen LogP contribution in [0.3, 0.4) is 0 Å². The van der Waals surface area contributed by atoms with E-state index < -0.39 is 0 Å². The van der Waals surface area contributed by atoms with Gasteiger partial charge in [0.2, 0.25) is 0 Å². The van der Waals surface area contributed by atoms with Crippen LogP contribution in [0.2, 0.25) is 0 Å². The maximum Gasteiger partial charge on any atom is 0.365 e. The molecular formula is C17H20NO2S+. The number of rotatable bonds is 7. The zero-order chi connectivity index (χ0) is 14.9. The van der Waals surface area contributed by atoms with Crippen molar-refractivity contribution in [2.24, 2.45) is 0 Å². The number of carbonyl (C=O) groups is 1. The standard InChI is InChI=1S/C17H19NO2S/c18-16(13-21-12-15-9-5-2-6-10-15)17(19)20-11-14-7-3-1-4-8-14/h1-10,16H,11-13,18H2/p+1/t16-/m0/s1. The van der Waals surface area contributed by atoms with Gasteiger partial charge < -0.3 is 10.5 Å². The van der Waals surface area contributed by atoms with E-state index in [4.69, 9.17) is 4.74 Å². The SMILES string of the molecule is [NH3+][C@@H](CSCc1ccccc1)C(=O)OCc1ccccc1. The molecule has 21 heavy (non-hydrogen) atoms. The van der Waals surface area contributed by atoms with Crippen LogP contribution in [-0.2, 0) is 21.9 Å². The van der Waals surface area contributed by atoms with Crippen molar-refractivity contribution in [2.45, 2.75) is 18.4 Å². The molecule has 2 rings (SSSR count). The molecule has 0 saturated carbocycles. The first kappa shape index (κ1) is 15.6. The molecule has 0 aromatic heterocycles. The predicted octanol–water partition coefficient (Wildman–Crippen LogP) is 2.27. The lowest BCUT2D eigenvalue weighted by molar-refractivity contribution is -0.401. The second-order valence-electron chi connectivity index (χ2n) is 4.79. The maximum atomic E-state index is 11.9. The molecule has 4 heteroatoms. The molecule has 2 aromatic carbocycles. The van der Waals surface area contributed by atoms with Crippen LogP contribution in [-0.4, -0.2) is 17.8 Å². The summed E-state index contributed by atoms with van der Waals surface area (Å²) in [7, 11) is 0. The van der Waals surface area contributed by atoms with Crippen molar-refractivity contribution in [3.05, 3.63) is 71.8 Å². The molecule has 0 radical (unpaired) electrons. The van der Waals surface area contributed by atoms with Crippen LogP contribution in [0, 0.1) is 0 Å². The molecule has 0 aliphatic heterocycles. The van der Waals surface area contributed by atoms with Gasteiger partial charge in [0.15, 0.2) is 6.04 Å². The molecule has 0 unspecified atom stereocenters. The van der Waals surface area contributed by atoms with E-state index in [9.17, 15) is 4.79 Å². The van der Waals surface area contributed by atoms with Crippen molar-refractivity contribution in [2.75, 3.05) is 5.75 Å². The highest BCUT2D eigenvalue weighted by atomic mass is 32.2. The predicted molar refractivity (Wildman–Crippen MR) is 85.5 cm³/mol. The third-order valence-electron chi connectivity index (χ3n) is 2.99. The van der Waals surface area contributed by atoms with E-state index in [0.717, 1.165) is 11.3 Å². The van der Waals surface area contributed by atoms with Gasteiger partial charge in [0, 0.05) is 5.75 Å². The molecule has 0 aliphatic rings. The molecule has 1 atom stereocenters. The summed E-state index contributed by atoms with van der Waals surface area (Å²) in [4.78, 5) is 11.9. The molecule has 0 amide bonds. The zero-order valence-electron chi connectivity index (χ0n) is 11.9. The number of esters is 1. The summed E-state index contributed by atoms with van der Waals surface area (Å²) in [6.45, 7) is 0.315. The van der Waals surface area contributed by atoms with E-state index in [-0.39, 0.29) is 12.0 Å². The molecule has 0 spiro atoms. The van der Waals surface area contributed by atoms with Gasteiger partial charge in [-0.15, -0.1) is 0 Å². The quantitative estimate of drug-likeness (QED) is 0.798. The Morgan fingerprint density at radius 1 is 1.00 bits per heavy atom. The Kier molecular flexibility index (Phi) is 6.31. The summed E-state index contributed by atoms with van der Waals surface area (Å²) >= 11 is 1.70. The van der Waals surface area contributed by atoms with Gasteiger partial charge in [-0.05, 0) is 11.1 Å². The minimum Gasteiger partial charge on any atom is -0.456 e. The van der Waals surface area contributed by atoms with Gasteiger partial charge in [0.05, 0.1) is 5.75 Å². The van der Waals surface area contributed by atoms with Crippen LogP contribution >= 0.6 is 11.8 Å². The van der Waals surface area contributed by atoms with Crippen LogP contribution in [0.5, 0.6) is 0 Å².